The van der Waals surface area contributed by atoms with Crippen molar-refractivity contribution in [3.8, 4) is 0 Å². The molecule has 0 amide bonds. The van der Waals surface area contributed by atoms with E-state index in [4.69, 9.17) is 11.6 Å². The minimum absolute atomic E-state index is 0.00230. The van der Waals surface area contributed by atoms with E-state index in [1.165, 1.54) is 0 Å². The molecule has 3 fully saturated rings. The summed E-state index contributed by atoms with van der Waals surface area (Å²) in [4.78, 5) is 24.9. The maximum atomic E-state index is 13.5. The summed E-state index contributed by atoms with van der Waals surface area (Å²) in [6.07, 6.45) is 7.57. The van der Waals surface area contributed by atoms with E-state index in [2.05, 4.69) is 27.1 Å². The second kappa shape index (κ2) is 9.85. The summed E-state index contributed by atoms with van der Waals surface area (Å²) in [6, 6.07) is 6.82. The number of fused-ring (bicyclic) bond motifs is 1. The first-order valence-corrected chi connectivity index (χ1v) is 15.9. The van der Waals surface area contributed by atoms with Crippen molar-refractivity contribution in [1.82, 2.24) is 19.4 Å². The zero-order chi connectivity index (χ0) is 27.5. The van der Waals surface area contributed by atoms with Crippen LogP contribution < -0.4 is 10.9 Å². The Hall–Kier alpha value is -2.49. The fourth-order valence-corrected chi connectivity index (χ4v) is 8.80. The number of hydrogen-bond donors (Lipinski definition) is 1. The van der Waals surface area contributed by atoms with E-state index in [1.54, 1.807) is 35.0 Å². The van der Waals surface area contributed by atoms with Gasteiger partial charge in [-0.25, -0.2) is 13.4 Å². The Morgan fingerprint density at radius 3 is 2.54 bits per heavy atom. The minimum Gasteiger partial charge on any atom is -0.324 e. The van der Waals surface area contributed by atoms with Gasteiger partial charge >= 0.3 is 0 Å². The van der Waals surface area contributed by atoms with Crippen LogP contribution in [0.5, 0.6) is 0 Å². The molecular formula is C29H36ClN5O3S. The van der Waals surface area contributed by atoms with Gasteiger partial charge in [0.05, 0.1) is 10.1 Å². The van der Waals surface area contributed by atoms with Gasteiger partial charge < -0.3 is 10.2 Å². The third-order valence-corrected chi connectivity index (χ3v) is 11.7. The number of rotatable bonds is 7. The predicted molar refractivity (Wildman–Crippen MR) is 155 cm³/mol. The van der Waals surface area contributed by atoms with Crippen molar-refractivity contribution in [2.24, 2.45) is 11.3 Å². The average molecular weight is 570 g/mol. The number of benzene rings is 1. The van der Waals surface area contributed by atoms with Gasteiger partial charge in [0.25, 0.3) is 5.56 Å². The number of anilines is 2. The van der Waals surface area contributed by atoms with Gasteiger partial charge in [-0.2, -0.15) is 4.98 Å². The topological polar surface area (TPSA) is 97.2 Å². The number of nitrogens with one attached hydrogen (secondary N) is 1. The van der Waals surface area contributed by atoms with Gasteiger partial charge in [-0.3, -0.25) is 9.36 Å². The maximum Gasteiger partial charge on any atom is 0.271 e. The fourth-order valence-electron chi connectivity index (χ4n) is 6.46. The molecule has 1 aliphatic heterocycles. The molecule has 8 nitrogen and oxygen atoms in total. The van der Waals surface area contributed by atoms with Crippen LogP contribution in [-0.4, -0.2) is 52.7 Å². The van der Waals surface area contributed by atoms with Crippen molar-refractivity contribution in [3.63, 3.8) is 0 Å². The van der Waals surface area contributed by atoms with Crippen LogP contribution >= 0.6 is 11.6 Å². The Morgan fingerprint density at radius 2 is 1.90 bits per heavy atom. The van der Waals surface area contributed by atoms with Gasteiger partial charge in [0, 0.05) is 23.3 Å². The molecule has 2 saturated carbocycles. The highest BCUT2D eigenvalue weighted by molar-refractivity contribution is 7.92. The van der Waals surface area contributed by atoms with Crippen LogP contribution in [0.25, 0.3) is 11.0 Å². The van der Waals surface area contributed by atoms with Gasteiger partial charge in [0.2, 0.25) is 5.95 Å². The molecule has 0 bridgehead atoms. The molecule has 3 aromatic rings. The SMILES string of the molecule is CCN1CCC2(CC1)CC(S(=O)(=O)c1ccc(Nc3ncc4cc(Cl)c(=O)n([C@H](C)C5CC5)c4n3)c(C)c1)C2. The highest BCUT2D eigenvalue weighted by atomic mass is 35.5. The number of hydrogen-bond acceptors (Lipinski definition) is 7. The second-order valence-electron chi connectivity index (χ2n) is 11.8. The highest BCUT2D eigenvalue weighted by Gasteiger charge is 2.50. The normalized spacial score (nSPS) is 20.7. The number of halogens is 1. The molecule has 1 aromatic carbocycles. The van der Waals surface area contributed by atoms with Crippen LogP contribution in [0.3, 0.4) is 0 Å². The summed E-state index contributed by atoms with van der Waals surface area (Å²) in [5.74, 6) is 0.793. The minimum atomic E-state index is -3.39. The number of aromatic nitrogens is 3. The lowest BCUT2D eigenvalue weighted by Gasteiger charge is -2.51. The number of likely N-dealkylation sites (tertiary alicyclic amines) is 1. The van der Waals surface area contributed by atoms with E-state index in [-0.39, 0.29) is 27.3 Å². The zero-order valence-electron chi connectivity index (χ0n) is 22.8. The Balaban J connectivity index is 1.21. The van der Waals surface area contributed by atoms with Crippen LogP contribution in [0.4, 0.5) is 11.6 Å². The van der Waals surface area contributed by atoms with E-state index in [0.717, 1.165) is 69.4 Å². The molecule has 1 saturated heterocycles. The number of piperidine rings is 1. The summed E-state index contributed by atoms with van der Waals surface area (Å²) in [5.41, 5.74) is 2.03. The first-order valence-electron chi connectivity index (χ1n) is 14.0. The first-order chi connectivity index (χ1) is 18.6. The van der Waals surface area contributed by atoms with Crippen LogP contribution in [0.2, 0.25) is 5.02 Å². The summed E-state index contributed by atoms with van der Waals surface area (Å²) >= 11 is 6.24. The summed E-state index contributed by atoms with van der Waals surface area (Å²) < 4.78 is 28.6. The Bertz CT molecular complexity index is 1580. The lowest BCUT2D eigenvalue weighted by molar-refractivity contribution is 0.0386. The molecular weight excluding hydrogens is 534 g/mol. The Kier molecular flexibility index (Phi) is 6.75. The standard InChI is InChI=1S/C29H36ClN5O3S/c1-4-34-11-9-29(10-12-34)15-23(16-29)39(37,38)22-7-8-25(18(2)13-22)32-28-31-17-21-14-24(30)27(36)35(26(21)33-28)19(3)20-5-6-20/h7-8,13-14,17,19-20,23H,4-6,9-12,15-16H2,1-3H3,(H,31,32,33)/t19-/m1/s1. The largest absolute Gasteiger partial charge is 0.324 e. The van der Waals surface area contributed by atoms with Gasteiger partial charge in [-0.1, -0.05) is 18.5 Å². The van der Waals surface area contributed by atoms with E-state index < -0.39 is 9.84 Å². The van der Waals surface area contributed by atoms with Gasteiger partial charge in [-0.15, -0.1) is 0 Å². The molecule has 208 valence electrons. The number of aryl methyl sites for hydroxylation is 1. The van der Waals surface area contributed by atoms with Crippen molar-refractivity contribution in [3.05, 3.63) is 51.4 Å². The molecule has 2 aromatic heterocycles. The van der Waals surface area contributed by atoms with Gasteiger partial charge in [0.15, 0.2) is 9.84 Å². The first kappa shape index (κ1) is 26.7. The van der Waals surface area contributed by atoms with Crippen molar-refractivity contribution < 1.29 is 8.42 Å². The van der Waals surface area contributed by atoms with Crippen LogP contribution in [0.1, 0.15) is 64.0 Å². The summed E-state index contributed by atoms with van der Waals surface area (Å²) in [6.45, 7) is 9.31. The van der Waals surface area contributed by atoms with E-state index >= 15 is 0 Å². The zero-order valence-corrected chi connectivity index (χ0v) is 24.4. The van der Waals surface area contributed by atoms with Gasteiger partial charge in [0.1, 0.15) is 10.7 Å². The molecule has 6 rings (SSSR count). The lowest BCUT2D eigenvalue weighted by Crippen LogP contribution is -2.51. The number of nitrogens with zero attached hydrogens (tertiary/aromatic N) is 4. The molecule has 39 heavy (non-hydrogen) atoms. The molecule has 0 radical (unpaired) electrons. The van der Waals surface area contributed by atoms with E-state index in [1.807, 2.05) is 13.8 Å². The van der Waals surface area contributed by atoms with E-state index in [0.29, 0.717) is 27.8 Å². The third kappa shape index (κ3) is 4.87. The molecule has 1 atom stereocenters. The Labute approximate surface area is 234 Å². The average Bonchev–Trinajstić information content (AvgIpc) is 3.75. The summed E-state index contributed by atoms with van der Waals surface area (Å²) in [5, 5.41) is 3.80. The molecule has 1 spiro atoms. The smallest absolute Gasteiger partial charge is 0.271 e. The summed E-state index contributed by atoms with van der Waals surface area (Å²) in [7, 11) is -3.39. The molecule has 10 heteroatoms. The lowest BCUT2D eigenvalue weighted by atomic mass is 9.63. The molecule has 1 N–H and O–H groups in total. The van der Waals surface area contributed by atoms with Crippen LogP contribution in [-0.2, 0) is 9.84 Å². The van der Waals surface area contributed by atoms with Crippen molar-refractivity contribution in [2.75, 3.05) is 25.0 Å². The molecule has 3 aliphatic rings. The third-order valence-electron chi connectivity index (χ3n) is 9.34. The quantitative estimate of drug-likeness (QED) is 0.401. The van der Waals surface area contributed by atoms with Crippen LogP contribution in [0, 0.1) is 18.3 Å². The van der Waals surface area contributed by atoms with Crippen molar-refractivity contribution in [1.29, 1.82) is 0 Å². The monoisotopic (exact) mass is 569 g/mol. The van der Waals surface area contributed by atoms with Crippen molar-refractivity contribution >= 4 is 44.1 Å². The molecule has 2 aliphatic carbocycles. The molecule has 0 unspecified atom stereocenters. The Morgan fingerprint density at radius 1 is 1.18 bits per heavy atom. The molecule has 3 heterocycles. The van der Waals surface area contributed by atoms with E-state index in [9.17, 15) is 13.2 Å². The predicted octanol–water partition coefficient (Wildman–Crippen LogP) is 5.51. The fraction of sp³-hybridized carbons (Fsp3) is 0.552. The number of sulfone groups is 1. The van der Waals surface area contributed by atoms with Crippen LogP contribution in [0.15, 0.2) is 40.2 Å². The highest BCUT2D eigenvalue weighted by Crippen LogP contribution is 2.52. The van der Waals surface area contributed by atoms with Crippen molar-refractivity contribution in [2.45, 2.75) is 75.5 Å². The van der Waals surface area contributed by atoms with Gasteiger partial charge in [-0.05, 0) is 113 Å². The number of pyridine rings is 1. The second-order valence-corrected chi connectivity index (χ2v) is 14.5. The maximum absolute atomic E-state index is 13.5.